The number of hydrogen-bond donors (Lipinski definition) is 1. The maximum Gasteiger partial charge on any atom is 0.416 e. The smallest absolute Gasteiger partial charge is 0.365 e. The van der Waals surface area contributed by atoms with E-state index in [1.807, 2.05) is 6.92 Å². The number of hydrogen-bond acceptors (Lipinski definition) is 6. The Morgan fingerprint density at radius 3 is 2.52 bits per heavy atom. The average Bonchev–Trinajstić information content (AvgIpc) is 3.29. The molecule has 0 fully saturated rings. The van der Waals surface area contributed by atoms with Crippen LogP contribution in [0, 0.1) is 6.92 Å². The van der Waals surface area contributed by atoms with Crippen LogP contribution in [-0.4, -0.2) is 34.4 Å². The molecule has 3 aromatic rings. The van der Waals surface area contributed by atoms with Crippen LogP contribution in [0.5, 0.6) is 0 Å². The van der Waals surface area contributed by atoms with E-state index in [1.165, 1.54) is 34.8 Å². The number of carbonyl (C=O) groups is 1. The van der Waals surface area contributed by atoms with Crippen molar-refractivity contribution in [3.8, 4) is 10.6 Å². The van der Waals surface area contributed by atoms with Gasteiger partial charge in [-0.05, 0) is 19.1 Å². The van der Waals surface area contributed by atoms with Gasteiger partial charge in [0.05, 0.1) is 23.5 Å². The Balaban J connectivity index is 1.54. The highest BCUT2D eigenvalue weighted by molar-refractivity contribution is 7.17. The van der Waals surface area contributed by atoms with Crippen LogP contribution in [0.15, 0.2) is 24.3 Å². The Labute approximate surface area is 173 Å². The molecule has 1 aliphatic rings. The van der Waals surface area contributed by atoms with E-state index in [0.29, 0.717) is 45.8 Å². The fourth-order valence-electron chi connectivity index (χ4n) is 3.14. The Morgan fingerprint density at radius 2 is 1.90 bits per heavy atom. The topological polar surface area (TPSA) is 58.1 Å². The number of anilines is 1. The summed E-state index contributed by atoms with van der Waals surface area (Å²) >= 11 is 2.75. The van der Waals surface area contributed by atoms with Crippen molar-refractivity contribution in [1.82, 2.24) is 14.9 Å². The number of carbonyl (C=O) groups excluding carboxylic acids is 1. The fraction of sp³-hybridized carbons (Fsp3) is 0.316. The molecule has 0 aliphatic carbocycles. The number of nitrogens with zero attached hydrogens (tertiary/aromatic N) is 3. The van der Waals surface area contributed by atoms with Crippen molar-refractivity contribution < 1.29 is 18.0 Å². The molecule has 5 nitrogen and oxygen atoms in total. The minimum Gasteiger partial charge on any atom is -0.365 e. The largest absolute Gasteiger partial charge is 0.416 e. The van der Waals surface area contributed by atoms with E-state index < -0.39 is 11.7 Å². The number of nitrogens with one attached hydrogen (secondary N) is 1. The van der Waals surface area contributed by atoms with Gasteiger partial charge in [0.15, 0.2) is 5.13 Å². The Hall–Kier alpha value is -2.46. The SMILES string of the molecule is CNc1nc(C)c(C(=O)N2CCc3nc(-c4ccc(C(F)(F)F)cc4)sc3C2)s1. The number of benzene rings is 1. The minimum absolute atomic E-state index is 0.0587. The summed E-state index contributed by atoms with van der Waals surface area (Å²) in [5, 5.41) is 4.33. The highest BCUT2D eigenvalue weighted by Gasteiger charge is 2.31. The first-order valence-electron chi connectivity index (χ1n) is 8.87. The molecule has 0 radical (unpaired) electrons. The van der Waals surface area contributed by atoms with Gasteiger partial charge in [-0.1, -0.05) is 23.5 Å². The zero-order valence-electron chi connectivity index (χ0n) is 15.6. The lowest BCUT2D eigenvalue weighted by atomic mass is 10.1. The van der Waals surface area contributed by atoms with Crippen LogP contribution in [0.3, 0.4) is 0 Å². The number of amides is 1. The second-order valence-corrected chi connectivity index (χ2v) is 8.71. The first kappa shape index (κ1) is 19.8. The molecule has 0 spiro atoms. The molecule has 1 N–H and O–H groups in total. The van der Waals surface area contributed by atoms with Gasteiger partial charge in [0.1, 0.15) is 9.88 Å². The second kappa shape index (κ2) is 7.42. The number of alkyl halides is 3. The number of halogens is 3. The zero-order valence-corrected chi connectivity index (χ0v) is 17.3. The maximum absolute atomic E-state index is 12.9. The van der Waals surface area contributed by atoms with Gasteiger partial charge in [-0.3, -0.25) is 4.79 Å². The Morgan fingerprint density at radius 1 is 1.17 bits per heavy atom. The van der Waals surface area contributed by atoms with E-state index in [4.69, 9.17) is 0 Å². The average molecular weight is 438 g/mol. The number of fused-ring (bicyclic) bond motifs is 1. The standard InChI is InChI=1S/C19H17F3N4OS2/c1-10-15(29-18(23-2)24-10)17(27)26-8-7-13-14(9-26)28-16(25-13)11-3-5-12(6-4-11)19(20,21)22/h3-6H,7-9H2,1-2H3,(H,23,24). The molecule has 3 heterocycles. The van der Waals surface area contributed by atoms with E-state index in [9.17, 15) is 18.0 Å². The molecule has 0 unspecified atom stereocenters. The van der Waals surface area contributed by atoms with Crippen molar-refractivity contribution in [3.05, 3.63) is 51.0 Å². The van der Waals surface area contributed by atoms with Gasteiger partial charge in [0.2, 0.25) is 0 Å². The van der Waals surface area contributed by atoms with Crippen molar-refractivity contribution in [2.24, 2.45) is 0 Å². The highest BCUT2D eigenvalue weighted by atomic mass is 32.1. The molecular formula is C19H17F3N4OS2. The molecule has 1 aliphatic heterocycles. The van der Waals surface area contributed by atoms with Crippen LogP contribution in [0.2, 0.25) is 0 Å². The third-order valence-corrected chi connectivity index (χ3v) is 6.98. The normalized spacial score (nSPS) is 14.0. The van der Waals surface area contributed by atoms with Crippen molar-refractivity contribution in [1.29, 1.82) is 0 Å². The Bertz CT molecular complexity index is 1060. The number of rotatable bonds is 3. The second-order valence-electron chi connectivity index (χ2n) is 6.62. The summed E-state index contributed by atoms with van der Waals surface area (Å²) in [6.07, 6.45) is -3.74. The van der Waals surface area contributed by atoms with E-state index in [1.54, 1.807) is 11.9 Å². The van der Waals surface area contributed by atoms with Crippen LogP contribution in [0.4, 0.5) is 18.3 Å². The monoisotopic (exact) mass is 438 g/mol. The lowest BCUT2D eigenvalue weighted by Gasteiger charge is -2.25. The van der Waals surface area contributed by atoms with Crippen LogP contribution < -0.4 is 5.32 Å². The van der Waals surface area contributed by atoms with Crippen LogP contribution in [-0.2, 0) is 19.1 Å². The summed E-state index contributed by atoms with van der Waals surface area (Å²) in [5.41, 5.74) is 1.57. The summed E-state index contributed by atoms with van der Waals surface area (Å²) in [6.45, 7) is 2.81. The Kier molecular flexibility index (Phi) is 5.07. The van der Waals surface area contributed by atoms with Crippen molar-refractivity contribution >= 4 is 33.7 Å². The van der Waals surface area contributed by atoms with Gasteiger partial charge in [-0.25, -0.2) is 9.97 Å². The van der Waals surface area contributed by atoms with Crippen LogP contribution >= 0.6 is 22.7 Å². The van der Waals surface area contributed by atoms with Crippen molar-refractivity contribution in [2.75, 3.05) is 18.9 Å². The molecule has 152 valence electrons. The van der Waals surface area contributed by atoms with E-state index in [-0.39, 0.29) is 5.91 Å². The number of thiazole rings is 2. The third-order valence-electron chi connectivity index (χ3n) is 4.68. The van der Waals surface area contributed by atoms with Gasteiger partial charge in [0.25, 0.3) is 5.91 Å². The van der Waals surface area contributed by atoms with Gasteiger partial charge >= 0.3 is 6.18 Å². The van der Waals surface area contributed by atoms with Crippen LogP contribution in [0.25, 0.3) is 10.6 Å². The summed E-state index contributed by atoms with van der Waals surface area (Å²) in [4.78, 5) is 25.2. The zero-order chi connectivity index (χ0) is 20.8. The maximum atomic E-state index is 12.9. The molecule has 1 aromatic carbocycles. The van der Waals surface area contributed by atoms with Crippen LogP contribution in [0.1, 0.15) is 31.5 Å². The molecule has 0 atom stereocenters. The van der Waals surface area contributed by atoms with Gasteiger partial charge in [-0.2, -0.15) is 13.2 Å². The summed E-state index contributed by atoms with van der Waals surface area (Å²) in [5.74, 6) is -0.0587. The molecule has 0 bridgehead atoms. The van der Waals surface area contributed by atoms with Crippen molar-refractivity contribution in [2.45, 2.75) is 26.1 Å². The quantitative estimate of drug-likeness (QED) is 0.636. The molecular weight excluding hydrogens is 421 g/mol. The fourth-order valence-corrected chi connectivity index (χ4v) is 5.16. The summed E-state index contributed by atoms with van der Waals surface area (Å²) < 4.78 is 38.3. The number of aromatic nitrogens is 2. The summed E-state index contributed by atoms with van der Waals surface area (Å²) in [7, 11) is 1.76. The lowest BCUT2D eigenvalue weighted by molar-refractivity contribution is -0.137. The first-order valence-corrected chi connectivity index (χ1v) is 10.5. The van der Waals surface area contributed by atoms with E-state index in [0.717, 1.165) is 22.7 Å². The van der Waals surface area contributed by atoms with E-state index >= 15 is 0 Å². The number of aryl methyl sites for hydroxylation is 1. The molecule has 10 heteroatoms. The van der Waals surface area contributed by atoms with Crippen molar-refractivity contribution in [3.63, 3.8) is 0 Å². The lowest BCUT2D eigenvalue weighted by Crippen LogP contribution is -2.35. The molecule has 0 saturated carbocycles. The highest BCUT2D eigenvalue weighted by Crippen LogP contribution is 2.35. The van der Waals surface area contributed by atoms with Gasteiger partial charge < -0.3 is 10.2 Å². The molecule has 1 amide bonds. The predicted molar refractivity (Wildman–Crippen MR) is 107 cm³/mol. The third kappa shape index (κ3) is 3.86. The van der Waals surface area contributed by atoms with E-state index in [2.05, 4.69) is 15.3 Å². The molecule has 29 heavy (non-hydrogen) atoms. The molecule has 4 rings (SSSR count). The minimum atomic E-state index is -4.36. The molecule has 0 saturated heterocycles. The first-order chi connectivity index (χ1) is 13.8. The van der Waals surface area contributed by atoms with Gasteiger partial charge in [-0.15, -0.1) is 11.3 Å². The summed E-state index contributed by atoms with van der Waals surface area (Å²) in [6, 6.07) is 5.01. The van der Waals surface area contributed by atoms with Gasteiger partial charge in [0, 0.05) is 30.5 Å². The molecule has 2 aromatic heterocycles. The predicted octanol–water partition coefficient (Wildman–Crippen LogP) is 4.83.